The third-order valence-electron chi connectivity index (χ3n) is 8.27. The molecule has 1 unspecified atom stereocenters. The smallest absolute Gasteiger partial charge is 0.352 e. The average Bonchev–Trinajstić information content (AvgIpc) is 3.57. The molecule has 206 valence electrons. The van der Waals surface area contributed by atoms with E-state index >= 15 is 0 Å². The molecule has 2 heterocycles. The molecule has 8 nitrogen and oxygen atoms in total. The quantitative estimate of drug-likeness (QED) is 0.354. The van der Waals surface area contributed by atoms with Crippen LogP contribution in [0.2, 0.25) is 0 Å². The van der Waals surface area contributed by atoms with E-state index in [-0.39, 0.29) is 41.1 Å². The Hall–Kier alpha value is -3.79. The van der Waals surface area contributed by atoms with Gasteiger partial charge in [0.25, 0.3) is 0 Å². The molecule has 1 aliphatic heterocycles. The van der Waals surface area contributed by atoms with Crippen LogP contribution in [-0.4, -0.2) is 58.1 Å². The Morgan fingerprint density at radius 2 is 1.77 bits per heavy atom. The number of carboxylic acids is 1. The van der Waals surface area contributed by atoms with Crippen LogP contribution < -0.4 is 11.1 Å². The summed E-state index contributed by atoms with van der Waals surface area (Å²) in [7, 11) is 0. The second-order valence-electron chi connectivity index (χ2n) is 10.6. The van der Waals surface area contributed by atoms with Crippen LogP contribution in [0.25, 0.3) is 10.9 Å². The molecule has 1 saturated carbocycles. The lowest BCUT2D eigenvalue weighted by atomic mass is 9.78. The minimum Gasteiger partial charge on any atom is -0.477 e. The number of halogens is 2. The number of likely N-dealkylation sites (tertiary alicyclic amines) is 1. The van der Waals surface area contributed by atoms with Crippen LogP contribution in [0.3, 0.4) is 0 Å². The molecule has 3 atom stereocenters. The number of benzene rings is 2. The summed E-state index contributed by atoms with van der Waals surface area (Å²) >= 11 is 0. The lowest BCUT2D eigenvalue weighted by molar-refractivity contribution is -0.141. The Kier molecular flexibility index (Phi) is 7.65. The summed E-state index contributed by atoms with van der Waals surface area (Å²) < 4.78 is 26.7. The maximum Gasteiger partial charge on any atom is 0.352 e. The van der Waals surface area contributed by atoms with Gasteiger partial charge in [-0.25, -0.2) is 13.6 Å². The summed E-state index contributed by atoms with van der Waals surface area (Å²) in [5, 5.41) is 12.8. The molecule has 1 aromatic heterocycles. The first kappa shape index (κ1) is 26.8. The molecule has 0 bridgehead atoms. The van der Waals surface area contributed by atoms with E-state index in [1.165, 1.54) is 18.2 Å². The molecule has 1 aliphatic carbocycles. The predicted octanol–water partition coefficient (Wildman–Crippen LogP) is 4.43. The summed E-state index contributed by atoms with van der Waals surface area (Å²) in [4.78, 5) is 43.2. The first-order chi connectivity index (χ1) is 18.7. The highest BCUT2D eigenvalue weighted by molar-refractivity contribution is 6.01. The molecule has 2 fully saturated rings. The van der Waals surface area contributed by atoms with Gasteiger partial charge in [0.05, 0.1) is 0 Å². The number of carbonyl (C=O) groups excluding carboxylic acids is 2. The van der Waals surface area contributed by atoms with Crippen LogP contribution in [0.15, 0.2) is 48.5 Å². The Bertz CT molecular complexity index is 1370. The standard InChI is InChI=1S/C29H32F2N4O4/c30-15-23(32)17-1-3-18(4-2-17)28(37)35-12-11-22(16-5-7-20(31)8-6-16)26(35)27(36)33-21-9-10-24-19(13-21)14-25(34-24)29(38)39/h5-10,13-14,17-18,22-23,26,34H,1-4,11-12,15,32H2,(H,33,36)(H,38,39)/t17-,18-,22-,23?,26-/m0/s1. The number of carbonyl (C=O) groups is 3. The number of amides is 2. The zero-order valence-electron chi connectivity index (χ0n) is 21.4. The molecule has 2 aliphatic rings. The fourth-order valence-corrected chi connectivity index (χ4v) is 6.12. The number of H-pyrrole nitrogens is 1. The monoisotopic (exact) mass is 538 g/mol. The Morgan fingerprint density at radius 3 is 2.44 bits per heavy atom. The van der Waals surface area contributed by atoms with Gasteiger partial charge in [0.2, 0.25) is 11.8 Å². The van der Waals surface area contributed by atoms with E-state index in [0.717, 1.165) is 5.56 Å². The van der Waals surface area contributed by atoms with Gasteiger partial charge >= 0.3 is 5.97 Å². The highest BCUT2D eigenvalue weighted by atomic mass is 19.1. The van der Waals surface area contributed by atoms with E-state index in [0.29, 0.717) is 55.2 Å². The number of nitrogens with one attached hydrogen (secondary N) is 2. The van der Waals surface area contributed by atoms with Crippen molar-refractivity contribution < 1.29 is 28.3 Å². The van der Waals surface area contributed by atoms with E-state index in [9.17, 15) is 28.3 Å². The van der Waals surface area contributed by atoms with Gasteiger partial charge in [-0.15, -0.1) is 0 Å². The second kappa shape index (κ2) is 11.1. The number of hydrogen-bond acceptors (Lipinski definition) is 4. The first-order valence-corrected chi connectivity index (χ1v) is 13.3. The maximum atomic E-state index is 13.8. The summed E-state index contributed by atoms with van der Waals surface area (Å²) in [6, 6.07) is 11.2. The minimum absolute atomic E-state index is 0.0413. The van der Waals surface area contributed by atoms with Crippen molar-refractivity contribution in [2.45, 2.75) is 50.1 Å². The van der Waals surface area contributed by atoms with Crippen LogP contribution in [0, 0.1) is 17.7 Å². The van der Waals surface area contributed by atoms with Gasteiger partial charge in [0, 0.05) is 41.0 Å². The fourth-order valence-electron chi connectivity index (χ4n) is 6.12. The molecular formula is C29H32F2N4O4. The number of nitrogens with zero attached hydrogens (tertiary/aromatic N) is 1. The van der Waals surface area contributed by atoms with E-state index in [1.54, 1.807) is 35.2 Å². The zero-order chi connectivity index (χ0) is 27.7. The summed E-state index contributed by atoms with van der Waals surface area (Å²) in [6.07, 6.45) is 3.08. The number of nitrogens with two attached hydrogens (primary N) is 1. The van der Waals surface area contributed by atoms with Crippen LogP contribution in [0.1, 0.15) is 54.1 Å². The number of aromatic amines is 1. The molecule has 0 spiro atoms. The minimum atomic E-state index is -1.08. The Morgan fingerprint density at radius 1 is 1.05 bits per heavy atom. The van der Waals surface area contributed by atoms with Gasteiger partial charge in [0.15, 0.2) is 0 Å². The number of aromatic nitrogens is 1. The number of anilines is 1. The summed E-state index contributed by atoms with van der Waals surface area (Å²) in [5.41, 5.74) is 7.80. The third-order valence-corrected chi connectivity index (χ3v) is 8.27. The molecule has 5 N–H and O–H groups in total. The van der Waals surface area contributed by atoms with Gasteiger partial charge in [0.1, 0.15) is 24.2 Å². The van der Waals surface area contributed by atoms with Gasteiger partial charge in [-0.2, -0.15) is 0 Å². The van der Waals surface area contributed by atoms with Crippen molar-refractivity contribution in [3.8, 4) is 0 Å². The highest BCUT2D eigenvalue weighted by Gasteiger charge is 2.44. The van der Waals surface area contributed by atoms with Gasteiger partial charge < -0.3 is 26.0 Å². The van der Waals surface area contributed by atoms with Crippen LogP contribution in [0.5, 0.6) is 0 Å². The normalized spacial score (nSPS) is 24.0. The van der Waals surface area contributed by atoms with Crippen LogP contribution in [-0.2, 0) is 9.59 Å². The molecular weight excluding hydrogens is 506 g/mol. The van der Waals surface area contributed by atoms with Crippen molar-refractivity contribution >= 4 is 34.4 Å². The number of hydrogen-bond donors (Lipinski definition) is 4. The molecule has 2 amide bonds. The number of fused-ring (bicyclic) bond motifs is 1. The SMILES string of the molecule is NC(CF)[C@H]1CC[C@H](C(=O)N2CC[C@@H](c3ccc(F)cc3)[C@H]2C(=O)Nc2ccc3[nH]c(C(=O)O)cc3c2)CC1. The van der Waals surface area contributed by atoms with E-state index in [1.807, 2.05) is 0 Å². The van der Waals surface area contributed by atoms with Crippen molar-refractivity contribution in [2.24, 2.45) is 17.6 Å². The van der Waals surface area contributed by atoms with E-state index in [4.69, 9.17) is 5.73 Å². The molecule has 3 aromatic rings. The number of carboxylic acid groups (broad SMARTS) is 1. The van der Waals surface area contributed by atoms with E-state index < -0.39 is 24.7 Å². The zero-order valence-corrected chi connectivity index (χ0v) is 21.4. The lowest BCUT2D eigenvalue weighted by Crippen LogP contribution is -2.48. The van der Waals surface area contributed by atoms with Crippen LogP contribution in [0.4, 0.5) is 14.5 Å². The van der Waals surface area contributed by atoms with Crippen LogP contribution >= 0.6 is 0 Å². The van der Waals surface area contributed by atoms with Gasteiger partial charge in [-0.3, -0.25) is 9.59 Å². The maximum absolute atomic E-state index is 13.8. The molecule has 0 radical (unpaired) electrons. The van der Waals surface area contributed by atoms with Crippen molar-refractivity contribution in [1.29, 1.82) is 0 Å². The fraction of sp³-hybridized carbons (Fsp3) is 0.414. The number of rotatable bonds is 7. The largest absolute Gasteiger partial charge is 0.477 e. The molecule has 10 heteroatoms. The van der Waals surface area contributed by atoms with E-state index in [2.05, 4.69) is 10.3 Å². The Labute approximate surface area is 224 Å². The van der Waals surface area contributed by atoms with Crippen molar-refractivity contribution in [3.05, 3.63) is 65.6 Å². The number of alkyl halides is 1. The van der Waals surface area contributed by atoms with Crippen molar-refractivity contribution in [1.82, 2.24) is 9.88 Å². The first-order valence-electron chi connectivity index (χ1n) is 13.3. The van der Waals surface area contributed by atoms with Crippen molar-refractivity contribution in [3.63, 3.8) is 0 Å². The lowest BCUT2D eigenvalue weighted by Gasteiger charge is -2.35. The summed E-state index contributed by atoms with van der Waals surface area (Å²) in [5.74, 6) is -2.46. The highest BCUT2D eigenvalue weighted by Crippen LogP contribution is 2.38. The average molecular weight is 539 g/mol. The van der Waals surface area contributed by atoms with Crippen molar-refractivity contribution in [2.75, 3.05) is 18.5 Å². The number of aromatic carboxylic acids is 1. The second-order valence-corrected chi connectivity index (χ2v) is 10.6. The molecule has 1 saturated heterocycles. The van der Waals surface area contributed by atoms with Gasteiger partial charge in [-0.05, 0) is 80.0 Å². The molecule has 5 rings (SSSR count). The summed E-state index contributed by atoms with van der Waals surface area (Å²) in [6.45, 7) is -0.190. The molecule has 2 aromatic carbocycles. The predicted molar refractivity (Wildman–Crippen MR) is 143 cm³/mol. The van der Waals surface area contributed by atoms with Gasteiger partial charge in [-0.1, -0.05) is 12.1 Å². The third kappa shape index (κ3) is 5.52. The Balaban J connectivity index is 1.38. The molecule has 39 heavy (non-hydrogen) atoms. The topological polar surface area (TPSA) is 129 Å².